The molecule has 0 amide bonds. The Kier molecular flexibility index (Phi) is 5.76. The van der Waals surface area contributed by atoms with Crippen molar-refractivity contribution in [2.45, 2.75) is 6.42 Å². The van der Waals surface area contributed by atoms with Crippen LogP contribution in [0.5, 0.6) is 0 Å². The molecule has 0 radical (unpaired) electrons. The van der Waals surface area contributed by atoms with Gasteiger partial charge in [0.15, 0.2) is 0 Å². The molecule has 0 atom stereocenters. The zero-order valence-electron chi connectivity index (χ0n) is 24.7. The van der Waals surface area contributed by atoms with E-state index in [0.29, 0.717) is 0 Å². The lowest BCUT2D eigenvalue weighted by atomic mass is 9.86. The molecule has 1 aliphatic carbocycles. The molecular weight excluding hydrogens is 546 g/mol. The number of nitrogens with zero attached hydrogens (tertiary/aromatic N) is 1. The number of benzene rings is 6. The summed E-state index contributed by atoms with van der Waals surface area (Å²) in [7, 11) is 0. The first-order chi connectivity index (χ1) is 22.2. The van der Waals surface area contributed by atoms with E-state index < -0.39 is 0 Å². The van der Waals surface area contributed by atoms with E-state index in [2.05, 4.69) is 151 Å². The van der Waals surface area contributed by atoms with Crippen LogP contribution in [0.4, 0.5) is 0 Å². The number of allylic oxidation sites excluding steroid dienone is 5. The summed E-state index contributed by atoms with van der Waals surface area (Å²) in [5, 5.41) is 4.76. The van der Waals surface area contributed by atoms with Gasteiger partial charge in [0.05, 0.1) is 11.0 Å². The third-order valence-electron chi connectivity index (χ3n) is 9.21. The maximum atomic E-state index is 6.35. The molecule has 0 spiro atoms. The van der Waals surface area contributed by atoms with Crippen molar-refractivity contribution in [3.05, 3.63) is 169 Å². The lowest BCUT2D eigenvalue weighted by Gasteiger charge is -2.20. The zero-order valence-corrected chi connectivity index (χ0v) is 24.7. The molecule has 8 aromatic rings. The number of hydrogen-bond donors (Lipinski definition) is 0. The minimum Gasteiger partial charge on any atom is -0.456 e. The molecule has 9 rings (SSSR count). The standard InChI is InChI=1S/C43H29NO/c1-28-13-12-15-30(44-40-22-9-6-19-34(40)35-20-7-10-23-41(35)44)25-29-14-2-3-16-31(29)32-17-4-5-18-33(32)38-26-39-36-21-8-11-24-42(36)45-43(39)27-37(28)38/h2-24,26-27H,1,25H2. The molecule has 2 heterocycles. The van der Waals surface area contributed by atoms with Crippen LogP contribution in [0.1, 0.15) is 11.1 Å². The molecule has 0 saturated carbocycles. The Morgan fingerprint density at radius 2 is 1.11 bits per heavy atom. The van der Waals surface area contributed by atoms with E-state index in [1.807, 2.05) is 12.1 Å². The Morgan fingerprint density at radius 1 is 0.511 bits per heavy atom. The van der Waals surface area contributed by atoms with Gasteiger partial charge in [-0.3, -0.25) is 0 Å². The normalized spacial score (nSPS) is 13.3. The highest BCUT2D eigenvalue weighted by Gasteiger charge is 2.20. The van der Waals surface area contributed by atoms with E-state index in [1.165, 1.54) is 49.8 Å². The van der Waals surface area contributed by atoms with E-state index in [9.17, 15) is 0 Å². The number of furan rings is 1. The van der Waals surface area contributed by atoms with Gasteiger partial charge < -0.3 is 8.98 Å². The fourth-order valence-corrected chi connectivity index (χ4v) is 7.15. The average molecular weight is 576 g/mol. The van der Waals surface area contributed by atoms with Crippen molar-refractivity contribution in [2.75, 3.05) is 0 Å². The monoisotopic (exact) mass is 575 g/mol. The molecule has 1 aliphatic rings. The third kappa shape index (κ3) is 4.03. The molecule has 0 N–H and O–H groups in total. The van der Waals surface area contributed by atoms with Crippen LogP contribution in [0.2, 0.25) is 0 Å². The summed E-state index contributed by atoms with van der Waals surface area (Å²) in [6.07, 6.45) is 7.32. The van der Waals surface area contributed by atoms with Crippen LogP contribution in [0, 0.1) is 0 Å². The summed E-state index contributed by atoms with van der Waals surface area (Å²) in [6, 6.07) is 47.8. The van der Waals surface area contributed by atoms with Crippen LogP contribution < -0.4 is 0 Å². The Balaban J connectivity index is 1.34. The molecule has 212 valence electrons. The van der Waals surface area contributed by atoms with Crippen LogP contribution in [-0.2, 0) is 6.42 Å². The SMILES string of the molecule is C=C1C=CC=C(n2c3ccccc3c3ccccc32)Cc2ccccc2-c2ccccc2-c2cc3c(cc21)oc1ccccc13. The van der Waals surface area contributed by atoms with Crippen LogP contribution in [0.3, 0.4) is 0 Å². The van der Waals surface area contributed by atoms with Gasteiger partial charge >= 0.3 is 0 Å². The van der Waals surface area contributed by atoms with Crippen molar-refractivity contribution < 1.29 is 4.42 Å². The molecule has 0 saturated heterocycles. The molecule has 6 aromatic carbocycles. The summed E-state index contributed by atoms with van der Waals surface area (Å²) >= 11 is 0. The molecule has 0 bridgehead atoms. The van der Waals surface area contributed by atoms with E-state index in [0.717, 1.165) is 45.1 Å². The average Bonchev–Trinajstić information content (AvgIpc) is 3.62. The van der Waals surface area contributed by atoms with Crippen LogP contribution in [0.25, 0.3) is 77.3 Å². The number of para-hydroxylation sites is 3. The predicted octanol–water partition coefficient (Wildman–Crippen LogP) is 11.7. The van der Waals surface area contributed by atoms with Gasteiger partial charge in [-0.1, -0.05) is 122 Å². The van der Waals surface area contributed by atoms with Gasteiger partial charge in [0.1, 0.15) is 11.2 Å². The summed E-state index contributed by atoms with van der Waals surface area (Å²) in [5.41, 5.74) is 13.5. The Hall–Kier alpha value is -5.86. The summed E-state index contributed by atoms with van der Waals surface area (Å²) < 4.78 is 8.78. The number of rotatable bonds is 1. The first-order valence-corrected chi connectivity index (χ1v) is 15.4. The lowest BCUT2D eigenvalue weighted by molar-refractivity contribution is 0.669. The highest BCUT2D eigenvalue weighted by atomic mass is 16.3. The molecule has 0 unspecified atom stereocenters. The van der Waals surface area contributed by atoms with Gasteiger partial charge in [-0.25, -0.2) is 0 Å². The van der Waals surface area contributed by atoms with E-state index in [4.69, 9.17) is 4.42 Å². The second-order valence-electron chi connectivity index (χ2n) is 11.8. The lowest BCUT2D eigenvalue weighted by Crippen LogP contribution is -2.03. The van der Waals surface area contributed by atoms with Crippen molar-refractivity contribution in [3.8, 4) is 22.3 Å². The number of fused-ring (bicyclic) bond motifs is 11. The molecule has 2 aromatic heterocycles. The fourth-order valence-electron chi connectivity index (χ4n) is 7.15. The minimum absolute atomic E-state index is 0.766. The maximum absolute atomic E-state index is 6.35. The van der Waals surface area contributed by atoms with Crippen molar-refractivity contribution in [2.24, 2.45) is 0 Å². The minimum atomic E-state index is 0.766. The smallest absolute Gasteiger partial charge is 0.136 e. The quantitative estimate of drug-likeness (QED) is 0.190. The van der Waals surface area contributed by atoms with Gasteiger partial charge in [0.2, 0.25) is 0 Å². The molecule has 0 aliphatic heterocycles. The molecule has 0 fully saturated rings. The summed E-state index contributed by atoms with van der Waals surface area (Å²) in [5.74, 6) is 0. The van der Waals surface area contributed by atoms with Gasteiger partial charge in [0, 0.05) is 33.7 Å². The van der Waals surface area contributed by atoms with Gasteiger partial charge in [-0.2, -0.15) is 0 Å². The maximum Gasteiger partial charge on any atom is 0.136 e. The van der Waals surface area contributed by atoms with Crippen molar-refractivity contribution >= 4 is 55.0 Å². The highest BCUT2D eigenvalue weighted by molar-refractivity contribution is 6.11. The second kappa shape index (κ2) is 10.1. The number of hydrogen-bond acceptors (Lipinski definition) is 1. The Bertz CT molecular complexity index is 2480. The van der Waals surface area contributed by atoms with Crippen LogP contribution in [-0.4, -0.2) is 4.57 Å². The highest BCUT2D eigenvalue weighted by Crippen LogP contribution is 2.43. The van der Waals surface area contributed by atoms with Crippen molar-refractivity contribution in [1.82, 2.24) is 4.57 Å². The Morgan fingerprint density at radius 3 is 1.87 bits per heavy atom. The van der Waals surface area contributed by atoms with E-state index in [1.54, 1.807) is 0 Å². The van der Waals surface area contributed by atoms with E-state index in [-0.39, 0.29) is 0 Å². The van der Waals surface area contributed by atoms with Gasteiger partial charge in [-0.15, -0.1) is 0 Å². The molecular formula is C43H29NO. The largest absolute Gasteiger partial charge is 0.456 e. The zero-order chi connectivity index (χ0) is 29.9. The first kappa shape index (κ1) is 25.6. The molecule has 2 heteroatoms. The van der Waals surface area contributed by atoms with Crippen molar-refractivity contribution in [3.63, 3.8) is 0 Å². The molecule has 2 nitrogen and oxygen atoms in total. The second-order valence-corrected chi connectivity index (χ2v) is 11.8. The fraction of sp³-hybridized carbons (Fsp3) is 0.0233. The summed E-state index contributed by atoms with van der Waals surface area (Å²) in [4.78, 5) is 0. The third-order valence-corrected chi connectivity index (χ3v) is 9.21. The van der Waals surface area contributed by atoms with Gasteiger partial charge in [0.25, 0.3) is 0 Å². The Labute approximate surface area is 261 Å². The van der Waals surface area contributed by atoms with Gasteiger partial charge in [-0.05, 0) is 75.4 Å². The van der Waals surface area contributed by atoms with E-state index >= 15 is 0 Å². The van der Waals surface area contributed by atoms with Crippen LogP contribution >= 0.6 is 0 Å². The molecule has 45 heavy (non-hydrogen) atoms. The predicted molar refractivity (Wildman–Crippen MR) is 190 cm³/mol. The van der Waals surface area contributed by atoms with Crippen molar-refractivity contribution in [1.29, 1.82) is 0 Å². The summed E-state index contributed by atoms with van der Waals surface area (Å²) in [6.45, 7) is 4.58. The van der Waals surface area contributed by atoms with Crippen LogP contribution in [0.15, 0.2) is 163 Å². The number of aromatic nitrogens is 1. The topological polar surface area (TPSA) is 18.1 Å². The first-order valence-electron chi connectivity index (χ1n) is 15.4.